The van der Waals surface area contributed by atoms with E-state index in [4.69, 9.17) is 4.84 Å². The summed E-state index contributed by atoms with van der Waals surface area (Å²) < 4.78 is 0. The van der Waals surface area contributed by atoms with Gasteiger partial charge in [-0.15, -0.1) is 0 Å². The quantitative estimate of drug-likeness (QED) is 0.901. The molecule has 118 valence electrons. The minimum absolute atomic E-state index is 0.000909. The van der Waals surface area contributed by atoms with Gasteiger partial charge in [-0.1, -0.05) is 36.3 Å². The second-order valence-corrected chi connectivity index (χ2v) is 5.98. The summed E-state index contributed by atoms with van der Waals surface area (Å²) in [5, 5.41) is 6.97. The summed E-state index contributed by atoms with van der Waals surface area (Å²) in [5.41, 5.74) is 3.82. The van der Waals surface area contributed by atoms with E-state index in [0.29, 0.717) is 13.1 Å². The van der Waals surface area contributed by atoms with Crippen LogP contribution in [0.3, 0.4) is 0 Å². The SMILES string of the molecule is CCC1=NO[C@@H](CNC(=O)CN2CCc3ccccc3C2)C1. The molecule has 0 saturated heterocycles. The van der Waals surface area contributed by atoms with Gasteiger partial charge in [-0.05, 0) is 24.0 Å². The number of rotatable bonds is 5. The lowest BCUT2D eigenvalue weighted by molar-refractivity contribution is -0.123. The third-order valence-corrected chi connectivity index (χ3v) is 4.31. The van der Waals surface area contributed by atoms with Crippen LogP contribution in [0.5, 0.6) is 0 Å². The molecular weight excluding hydrogens is 278 g/mol. The maximum Gasteiger partial charge on any atom is 0.234 e. The topological polar surface area (TPSA) is 53.9 Å². The van der Waals surface area contributed by atoms with Gasteiger partial charge in [-0.3, -0.25) is 9.69 Å². The molecule has 5 heteroatoms. The normalized spacial score (nSPS) is 21.0. The zero-order valence-electron chi connectivity index (χ0n) is 13.0. The molecule has 2 aliphatic heterocycles. The Morgan fingerprint density at radius 2 is 2.23 bits per heavy atom. The van der Waals surface area contributed by atoms with Crippen LogP contribution in [-0.4, -0.2) is 42.3 Å². The Hall–Kier alpha value is -1.88. The molecule has 0 aromatic heterocycles. The Bertz CT molecular complexity index is 571. The maximum atomic E-state index is 12.1. The monoisotopic (exact) mass is 301 g/mol. The first-order chi connectivity index (χ1) is 10.7. The van der Waals surface area contributed by atoms with Crippen LogP contribution in [0.2, 0.25) is 0 Å². The van der Waals surface area contributed by atoms with Crippen molar-refractivity contribution in [2.24, 2.45) is 5.16 Å². The van der Waals surface area contributed by atoms with Crippen molar-refractivity contribution >= 4 is 11.6 Å². The fourth-order valence-corrected chi connectivity index (χ4v) is 2.98. The van der Waals surface area contributed by atoms with Gasteiger partial charge in [0, 0.05) is 19.5 Å². The minimum Gasteiger partial charge on any atom is -0.390 e. The molecule has 0 radical (unpaired) electrons. The first-order valence-corrected chi connectivity index (χ1v) is 8.02. The van der Waals surface area contributed by atoms with Crippen LogP contribution in [0.25, 0.3) is 0 Å². The number of carbonyl (C=O) groups is 1. The molecule has 0 aliphatic carbocycles. The van der Waals surface area contributed by atoms with Crippen LogP contribution in [0, 0.1) is 0 Å². The van der Waals surface area contributed by atoms with Gasteiger partial charge in [0.15, 0.2) is 0 Å². The van der Waals surface area contributed by atoms with Crippen LogP contribution in [0.4, 0.5) is 0 Å². The van der Waals surface area contributed by atoms with Crippen LogP contribution < -0.4 is 5.32 Å². The first kappa shape index (κ1) is 15.0. The average molecular weight is 301 g/mol. The predicted molar refractivity (Wildman–Crippen MR) is 85.6 cm³/mol. The van der Waals surface area contributed by atoms with Crippen molar-refractivity contribution in [2.75, 3.05) is 19.6 Å². The number of benzene rings is 1. The number of hydrogen-bond acceptors (Lipinski definition) is 4. The van der Waals surface area contributed by atoms with Gasteiger partial charge in [0.05, 0.1) is 18.8 Å². The number of fused-ring (bicyclic) bond motifs is 1. The number of oxime groups is 1. The highest BCUT2D eigenvalue weighted by Crippen LogP contribution is 2.18. The van der Waals surface area contributed by atoms with Crippen LogP contribution in [-0.2, 0) is 22.6 Å². The van der Waals surface area contributed by atoms with Crippen molar-refractivity contribution in [3.8, 4) is 0 Å². The van der Waals surface area contributed by atoms with Gasteiger partial charge in [0.2, 0.25) is 5.91 Å². The third-order valence-electron chi connectivity index (χ3n) is 4.31. The van der Waals surface area contributed by atoms with Gasteiger partial charge in [-0.2, -0.15) is 0 Å². The summed E-state index contributed by atoms with van der Waals surface area (Å²) in [6, 6.07) is 8.46. The van der Waals surface area contributed by atoms with Crippen molar-refractivity contribution in [1.29, 1.82) is 0 Å². The molecule has 5 nitrogen and oxygen atoms in total. The van der Waals surface area contributed by atoms with Crippen molar-refractivity contribution in [3.05, 3.63) is 35.4 Å². The maximum absolute atomic E-state index is 12.1. The van der Waals surface area contributed by atoms with Crippen molar-refractivity contribution in [1.82, 2.24) is 10.2 Å². The lowest BCUT2D eigenvalue weighted by Crippen LogP contribution is -2.42. The van der Waals surface area contributed by atoms with E-state index in [1.54, 1.807) is 0 Å². The molecule has 1 atom stereocenters. The molecule has 0 fully saturated rings. The van der Waals surface area contributed by atoms with Gasteiger partial charge < -0.3 is 10.2 Å². The Labute approximate surface area is 131 Å². The average Bonchev–Trinajstić information content (AvgIpc) is 3.01. The molecule has 0 saturated carbocycles. The molecule has 3 rings (SSSR count). The number of carbonyl (C=O) groups excluding carboxylic acids is 1. The summed E-state index contributed by atoms with van der Waals surface area (Å²) in [6.45, 7) is 4.84. The molecule has 22 heavy (non-hydrogen) atoms. The van der Waals surface area contributed by atoms with E-state index < -0.39 is 0 Å². The zero-order valence-corrected chi connectivity index (χ0v) is 13.0. The molecular formula is C17H23N3O2. The zero-order chi connectivity index (χ0) is 15.4. The van der Waals surface area contributed by atoms with E-state index in [2.05, 4.69) is 46.6 Å². The lowest BCUT2D eigenvalue weighted by Gasteiger charge is -2.28. The molecule has 0 bridgehead atoms. The summed E-state index contributed by atoms with van der Waals surface area (Å²) in [4.78, 5) is 19.6. The van der Waals surface area contributed by atoms with Gasteiger partial charge in [0.1, 0.15) is 6.10 Å². The van der Waals surface area contributed by atoms with E-state index in [0.717, 1.165) is 38.1 Å². The summed E-state index contributed by atoms with van der Waals surface area (Å²) >= 11 is 0. The summed E-state index contributed by atoms with van der Waals surface area (Å²) in [7, 11) is 0. The number of hydrogen-bond donors (Lipinski definition) is 1. The highest BCUT2D eigenvalue weighted by atomic mass is 16.6. The van der Waals surface area contributed by atoms with Crippen molar-refractivity contribution in [3.63, 3.8) is 0 Å². The molecule has 1 aromatic rings. The summed E-state index contributed by atoms with van der Waals surface area (Å²) in [6.07, 6.45) is 2.76. The largest absolute Gasteiger partial charge is 0.390 e. The smallest absolute Gasteiger partial charge is 0.234 e. The summed E-state index contributed by atoms with van der Waals surface area (Å²) in [5.74, 6) is 0.0629. The van der Waals surface area contributed by atoms with Crippen LogP contribution >= 0.6 is 0 Å². The van der Waals surface area contributed by atoms with Gasteiger partial charge >= 0.3 is 0 Å². The minimum atomic E-state index is 0.000909. The highest BCUT2D eigenvalue weighted by Gasteiger charge is 2.22. The van der Waals surface area contributed by atoms with Crippen LogP contribution in [0.1, 0.15) is 30.9 Å². The molecule has 1 N–H and O–H groups in total. The number of nitrogens with zero attached hydrogens (tertiary/aromatic N) is 2. The fourth-order valence-electron chi connectivity index (χ4n) is 2.98. The van der Waals surface area contributed by atoms with E-state index >= 15 is 0 Å². The molecule has 0 spiro atoms. The van der Waals surface area contributed by atoms with E-state index in [1.807, 2.05) is 0 Å². The van der Waals surface area contributed by atoms with E-state index in [1.165, 1.54) is 11.1 Å². The number of nitrogens with one attached hydrogen (secondary N) is 1. The fraction of sp³-hybridized carbons (Fsp3) is 0.529. The molecule has 0 unspecified atom stereocenters. The first-order valence-electron chi connectivity index (χ1n) is 8.02. The molecule has 2 heterocycles. The Balaban J connectivity index is 1.42. The van der Waals surface area contributed by atoms with Crippen molar-refractivity contribution < 1.29 is 9.63 Å². The Morgan fingerprint density at radius 3 is 3.00 bits per heavy atom. The Morgan fingerprint density at radius 1 is 1.41 bits per heavy atom. The molecule has 1 amide bonds. The number of amides is 1. The van der Waals surface area contributed by atoms with Gasteiger partial charge in [0.25, 0.3) is 0 Å². The van der Waals surface area contributed by atoms with Crippen LogP contribution in [0.15, 0.2) is 29.4 Å². The standard InChI is InChI=1S/C17H23N3O2/c1-2-15-9-16(22-19-15)10-18-17(21)12-20-8-7-13-5-3-4-6-14(13)11-20/h3-6,16H,2,7-12H2,1H3,(H,18,21)/t16-/m1/s1. The second kappa shape index (κ2) is 6.92. The van der Waals surface area contributed by atoms with E-state index in [-0.39, 0.29) is 12.0 Å². The lowest BCUT2D eigenvalue weighted by atomic mass is 10.00. The Kier molecular flexibility index (Phi) is 4.73. The van der Waals surface area contributed by atoms with Gasteiger partial charge in [-0.25, -0.2) is 0 Å². The molecule has 1 aromatic carbocycles. The second-order valence-electron chi connectivity index (χ2n) is 5.98. The highest BCUT2D eigenvalue weighted by molar-refractivity contribution is 5.85. The van der Waals surface area contributed by atoms with E-state index in [9.17, 15) is 4.79 Å². The molecule has 2 aliphatic rings. The third kappa shape index (κ3) is 3.65. The van der Waals surface area contributed by atoms with Crippen molar-refractivity contribution in [2.45, 2.75) is 38.8 Å². The predicted octanol–water partition coefficient (Wildman–Crippen LogP) is 1.72.